The molecule has 7 atom stereocenters. The van der Waals surface area contributed by atoms with Gasteiger partial charge in [0.25, 0.3) is 0 Å². The number of amides is 1. The van der Waals surface area contributed by atoms with Gasteiger partial charge in [-0.2, -0.15) is 0 Å². The Kier molecular flexibility index (Phi) is 31.1. The van der Waals surface area contributed by atoms with Crippen LogP contribution in [0, 0.1) is 0 Å². The lowest BCUT2D eigenvalue weighted by Gasteiger charge is -2.40. The molecule has 300 valence electrons. The molecule has 0 bridgehead atoms. The minimum Gasteiger partial charge on any atom is -0.394 e. The second kappa shape index (κ2) is 33.3. The SMILES string of the molecule is CCCCC/C=C\C/C=C\CCCCCCCC(=O)NC(COC1OC(CO)C(O)C(O)C1O)C(O)CCCCCCCCCCCCCCC. The highest BCUT2D eigenvalue weighted by molar-refractivity contribution is 5.76. The molecule has 1 saturated heterocycles. The van der Waals surface area contributed by atoms with E-state index in [1.54, 1.807) is 0 Å². The Morgan fingerprint density at radius 2 is 1.16 bits per heavy atom. The Bertz CT molecular complexity index is 853. The van der Waals surface area contributed by atoms with E-state index in [-0.39, 0.29) is 12.5 Å². The number of hydrogen-bond donors (Lipinski definition) is 6. The molecule has 0 aromatic heterocycles. The van der Waals surface area contributed by atoms with Crippen molar-refractivity contribution in [1.82, 2.24) is 5.32 Å². The number of rotatable bonds is 34. The topological polar surface area (TPSA) is 149 Å². The Morgan fingerprint density at radius 3 is 1.73 bits per heavy atom. The fraction of sp³-hybridized carbons (Fsp3) is 0.881. The van der Waals surface area contributed by atoms with Gasteiger partial charge < -0.3 is 40.3 Å². The van der Waals surface area contributed by atoms with Crippen molar-refractivity contribution in [2.75, 3.05) is 13.2 Å². The van der Waals surface area contributed by atoms with Crippen molar-refractivity contribution in [3.63, 3.8) is 0 Å². The van der Waals surface area contributed by atoms with Crippen molar-refractivity contribution in [1.29, 1.82) is 0 Å². The minimum absolute atomic E-state index is 0.143. The predicted octanol–water partition coefficient (Wildman–Crippen LogP) is 7.94. The molecule has 9 nitrogen and oxygen atoms in total. The quantitative estimate of drug-likeness (QED) is 0.0289. The van der Waals surface area contributed by atoms with Gasteiger partial charge in [-0.25, -0.2) is 0 Å². The zero-order valence-corrected chi connectivity index (χ0v) is 32.6. The first kappa shape index (κ1) is 47.7. The molecule has 1 aliphatic heterocycles. The van der Waals surface area contributed by atoms with E-state index in [1.807, 2.05) is 0 Å². The molecule has 51 heavy (non-hydrogen) atoms. The van der Waals surface area contributed by atoms with Gasteiger partial charge in [-0.3, -0.25) is 4.79 Å². The number of unbranched alkanes of at least 4 members (excludes halogenated alkanes) is 20. The van der Waals surface area contributed by atoms with Crippen LogP contribution in [-0.4, -0.2) is 87.5 Å². The molecule has 1 aliphatic rings. The molecular weight excluding hydrogens is 646 g/mol. The first-order valence-electron chi connectivity index (χ1n) is 21.0. The molecule has 1 fully saturated rings. The van der Waals surface area contributed by atoms with Crippen LogP contribution in [0.15, 0.2) is 24.3 Å². The van der Waals surface area contributed by atoms with E-state index in [1.165, 1.54) is 89.9 Å². The first-order valence-corrected chi connectivity index (χ1v) is 21.0. The number of hydrogen-bond acceptors (Lipinski definition) is 8. The zero-order valence-electron chi connectivity index (χ0n) is 32.6. The highest BCUT2D eigenvalue weighted by atomic mass is 16.7. The predicted molar refractivity (Wildman–Crippen MR) is 207 cm³/mol. The average Bonchev–Trinajstić information content (AvgIpc) is 3.13. The van der Waals surface area contributed by atoms with Crippen LogP contribution in [0.5, 0.6) is 0 Å². The van der Waals surface area contributed by atoms with E-state index in [2.05, 4.69) is 43.5 Å². The number of nitrogens with one attached hydrogen (secondary N) is 1. The third-order valence-electron chi connectivity index (χ3n) is 10.1. The Labute approximate surface area is 311 Å². The van der Waals surface area contributed by atoms with Gasteiger partial charge in [-0.05, 0) is 44.9 Å². The molecule has 6 N–H and O–H groups in total. The average molecular weight is 726 g/mol. The molecule has 0 radical (unpaired) electrons. The summed E-state index contributed by atoms with van der Waals surface area (Å²) in [5, 5.41) is 54.2. The van der Waals surface area contributed by atoms with Crippen molar-refractivity contribution in [2.45, 2.75) is 224 Å². The summed E-state index contributed by atoms with van der Waals surface area (Å²) in [7, 11) is 0. The molecule has 1 rings (SSSR count). The maximum Gasteiger partial charge on any atom is 0.220 e. The van der Waals surface area contributed by atoms with Crippen molar-refractivity contribution >= 4 is 5.91 Å². The molecule has 0 spiro atoms. The molecule has 1 amide bonds. The second-order valence-corrected chi connectivity index (χ2v) is 14.8. The fourth-order valence-corrected chi connectivity index (χ4v) is 6.60. The van der Waals surface area contributed by atoms with Crippen LogP contribution in [0.2, 0.25) is 0 Å². The monoisotopic (exact) mass is 726 g/mol. The van der Waals surface area contributed by atoms with E-state index in [4.69, 9.17) is 9.47 Å². The van der Waals surface area contributed by atoms with Crippen molar-refractivity contribution in [2.24, 2.45) is 0 Å². The first-order chi connectivity index (χ1) is 24.8. The zero-order chi connectivity index (χ0) is 37.4. The molecule has 0 aliphatic carbocycles. The van der Waals surface area contributed by atoms with Gasteiger partial charge in [0.2, 0.25) is 5.91 Å². The highest BCUT2D eigenvalue weighted by Gasteiger charge is 2.44. The summed E-state index contributed by atoms with van der Waals surface area (Å²) in [4.78, 5) is 12.9. The Balaban J connectivity index is 2.39. The smallest absolute Gasteiger partial charge is 0.220 e. The normalized spacial score (nSPS) is 22.2. The van der Waals surface area contributed by atoms with Crippen LogP contribution in [0.4, 0.5) is 0 Å². The molecule has 1 heterocycles. The summed E-state index contributed by atoms with van der Waals surface area (Å²) in [5.74, 6) is -0.160. The van der Waals surface area contributed by atoms with Crippen LogP contribution in [0.25, 0.3) is 0 Å². The molecule has 0 saturated carbocycles. The van der Waals surface area contributed by atoms with Crippen LogP contribution in [-0.2, 0) is 14.3 Å². The Hall–Kier alpha value is -1.33. The Morgan fingerprint density at radius 1 is 0.667 bits per heavy atom. The number of ether oxygens (including phenoxy) is 2. The van der Waals surface area contributed by atoms with Gasteiger partial charge in [0.15, 0.2) is 6.29 Å². The van der Waals surface area contributed by atoms with Crippen LogP contribution in [0.3, 0.4) is 0 Å². The maximum atomic E-state index is 12.9. The summed E-state index contributed by atoms with van der Waals surface area (Å²) in [5.41, 5.74) is 0. The summed E-state index contributed by atoms with van der Waals surface area (Å²) < 4.78 is 11.2. The number of carbonyl (C=O) groups excluding carboxylic acids is 1. The molecule has 9 heteroatoms. The van der Waals surface area contributed by atoms with Crippen LogP contribution in [0.1, 0.15) is 181 Å². The van der Waals surface area contributed by atoms with E-state index in [0.717, 1.165) is 64.2 Å². The van der Waals surface area contributed by atoms with Gasteiger partial charge in [0.05, 0.1) is 25.4 Å². The van der Waals surface area contributed by atoms with Crippen molar-refractivity contribution in [3.05, 3.63) is 24.3 Å². The molecule has 7 unspecified atom stereocenters. The van der Waals surface area contributed by atoms with Gasteiger partial charge in [-0.1, -0.05) is 154 Å². The lowest BCUT2D eigenvalue weighted by atomic mass is 9.99. The van der Waals surface area contributed by atoms with Crippen molar-refractivity contribution in [3.8, 4) is 0 Å². The minimum atomic E-state index is -1.55. The van der Waals surface area contributed by atoms with E-state index in [0.29, 0.717) is 12.8 Å². The summed E-state index contributed by atoms with van der Waals surface area (Å²) in [6.45, 7) is 3.78. The summed E-state index contributed by atoms with van der Waals surface area (Å²) in [6.07, 6.45) is 30.3. The molecular formula is C42H79NO8. The lowest BCUT2D eigenvalue weighted by molar-refractivity contribution is -0.302. The summed E-state index contributed by atoms with van der Waals surface area (Å²) >= 11 is 0. The molecule has 0 aromatic carbocycles. The largest absolute Gasteiger partial charge is 0.394 e. The number of carbonyl (C=O) groups is 1. The van der Waals surface area contributed by atoms with E-state index >= 15 is 0 Å². The highest BCUT2D eigenvalue weighted by Crippen LogP contribution is 2.23. The van der Waals surface area contributed by atoms with Gasteiger partial charge >= 0.3 is 0 Å². The third-order valence-corrected chi connectivity index (χ3v) is 10.1. The standard InChI is InChI=1S/C42H79NO8/c1-3-5-7-9-11-13-15-17-18-20-22-24-26-28-30-32-38(46)43-35(34-50-42-41(49)40(48)39(47)37(33-44)51-42)36(45)31-29-27-25-23-21-19-16-14-12-10-8-6-4-2/h11,13,17-18,35-37,39-42,44-45,47-49H,3-10,12,14-16,19-34H2,1-2H3,(H,43,46)/b13-11-,18-17-. The van der Waals surface area contributed by atoms with E-state index in [9.17, 15) is 30.3 Å². The van der Waals surface area contributed by atoms with Gasteiger partial charge in [0, 0.05) is 6.42 Å². The fourth-order valence-electron chi connectivity index (χ4n) is 6.60. The number of allylic oxidation sites excluding steroid dienone is 4. The number of aliphatic hydroxyl groups excluding tert-OH is 5. The summed E-state index contributed by atoms with van der Waals surface area (Å²) in [6, 6.07) is -0.722. The third kappa shape index (κ3) is 24.6. The van der Waals surface area contributed by atoms with Gasteiger partial charge in [0.1, 0.15) is 24.4 Å². The van der Waals surface area contributed by atoms with Crippen LogP contribution < -0.4 is 5.32 Å². The molecule has 0 aromatic rings. The van der Waals surface area contributed by atoms with Crippen molar-refractivity contribution < 1.29 is 39.8 Å². The second-order valence-electron chi connectivity index (χ2n) is 14.8. The van der Waals surface area contributed by atoms with Gasteiger partial charge in [-0.15, -0.1) is 0 Å². The lowest BCUT2D eigenvalue weighted by Crippen LogP contribution is -2.60. The van der Waals surface area contributed by atoms with Crippen LogP contribution >= 0.6 is 0 Å². The maximum absolute atomic E-state index is 12.9. The number of aliphatic hydroxyl groups is 5. The van der Waals surface area contributed by atoms with E-state index < -0.39 is 49.5 Å².